The molecule has 0 atom stereocenters. The number of halogens is 1. The number of urea groups is 1. The maximum Gasteiger partial charge on any atom is 0.336 e. The van der Waals surface area contributed by atoms with Crippen molar-refractivity contribution in [2.45, 2.75) is 13.5 Å². The van der Waals surface area contributed by atoms with Crippen molar-refractivity contribution in [1.82, 2.24) is 15.3 Å². The van der Waals surface area contributed by atoms with Gasteiger partial charge in [0.2, 0.25) is 0 Å². The van der Waals surface area contributed by atoms with Crippen LogP contribution in [0.25, 0.3) is 0 Å². The zero-order valence-electron chi connectivity index (χ0n) is 13.7. The third kappa shape index (κ3) is 4.32. The molecule has 5 nitrogen and oxygen atoms in total. The van der Waals surface area contributed by atoms with Gasteiger partial charge in [-0.3, -0.25) is 4.79 Å². The van der Waals surface area contributed by atoms with E-state index in [2.05, 4.69) is 5.32 Å². The third-order valence-corrected chi connectivity index (χ3v) is 3.57. The fourth-order valence-electron chi connectivity index (χ4n) is 2.23. The monoisotopic (exact) mass is 329 g/mol. The molecule has 0 bridgehead atoms. The van der Waals surface area contributed by atoms with Crippen LogP contribution in [0, 0.1) is 5.82 Å². The number of nitrogens with one attached hydrogen (secondary N) is 1. The molecular formula is C18H20FN3O2. The van der Waals surface area contributed by atoms with Crippen LogP contribution >= 0.6 is 0 Å². The summed E-state index contributed by atoms with van der Waals surface area (Å²) in [6, 6.07) is 14.3. The maximum absolute atomic E-state index is 13.0. The Kier molecular flexibility index (Phi) is 5.89. The summed E-state index contributed by atoms with van der Waals surface area (Å²) < 4.78 is 13.0. The van der Waals surface area contributed by atoms with Crippen molar-refractivity contribution < 1.29 is 14.0 Å². The van der Waals surface area contributed by atoms with E-state index < -0.39 is 11.8 Å². The van der Waals surface area contributed by atoms with E-state index in [-0.39, 0.29) is 5.91 Å². The standard InChI is InChI=1S/C18H20FN3O2/c1-3-22(17(23)15-9-11-16(19)12-10-15)21(2)18(24)20-13-14-7-5-4-6-8-14/h4-12H,3,13H2,1-2H3,(H,20,24). The molecular weight excluding hydrogens is 309 g/mol. The highest BCUT2D eigenvalue weighted by Crippen LogP contribution is 2.09. The molecule has 2 aromatic rings. The Hall–Kier alpha value is -2.89. The second-order valence-electron chi connectivity index (χ2n) is 5.20. The second kappa shape index (κ2) is 8.10. The first-order valence-electron chi connectivity index (χ1n) is 7.65. The Morgan fingerprint density at radius 2 is 1.67 bits per heavy atom. The minimum atomic E-state index is -0.413. The highest BCUT2D eigenvalue weighted by atomic mass is 19.1. The summed E-state index contributed by atoms with van der Waals surface area (Å²) in [6.07, 6.45) is 0. The van der Waals surface area contributed by atoms with Crippen molar-refractivity contribution in [3.63, 3.8) is 0 Å². The minimum Gasteiger partial charge on any atom is -0.332 e. The predicted molar refractivity (Wildman–Crippen MR) is 89.6 cm³/mol. The molecule has 0 fully saturated rings. The van der Waals surface area contributed by atoms with Crippen molar-refractivity contribution in [1.29, 1.82) is 0 Å². The molecule has 2 aromatic carbocycles. The highest BCUT2D eigenvalue weighted by Gasteiger charge is 2.22. The lowest BCUT2D eigenvalue weighted by atomic mass is 10.2. The molecule has 126 valence electrons. The quantitative estimate of drug-likeness (QED) is 0.877. The topological polar surface area (TPSA) is 52.7 Å². The molecule has 0 saturated carbocycles. The van der Waals surface area contributed by atoms with Gasteiger partial charge in [0, 0.05) is 25.7 Å². The molecule has 0 aliphatic carbocycles. The van der Waals surface area contributed by atoms with Crippen LogP contribution in [0.3, 0.4) is 0 Å². The van der Waals surface area contributed by atoms with Gasteiger partial charge in [0.05, 0.1) is 0 Å². The molecule has 0 saturated heterocycles. The Labute approximate surface area is 140 Å². The van der Waals surface area contributed by atoms with Crippen LogP contribution in [-0.4, -0.2) is 35.5 Å². The number of hydrogen-bond acceptors (Lipinski definition) is 2. The van der Waals surface area contributed by atoms with Gasteiger partial charge < -0.3 is 5.32 Å². The van der Waals surface area contributed by atoms with E-state index in [1.165, 1.54) is 41.3 Å². The van der Waals surface area contributed by atoms with Crippen LogP contribution in [0.1, 0.15) is 22.8 Å². The summed E-state index contributed by atoms with van der Waals surface area (Å²) in [5, 5.41) is 5.29. The lowest BCUT2D eigenvalue weighted by Crippen LogP contribution is -2.51. The molecule has 0 aliphatic rings. The van der Waals surface area contributed by atoms with E-state index in [0.717, 1.165) is 5.56 Å². The molecule has 24 heavy (non-hydrogen) atoms. The molecule has 0 aliphatic heterocycles. The van der Waals surface area contributed by atoms with Gasteiger partial charge in [0.1, 0.15) is 5.82 Å². The first kappa shape index (κ1) is 17.5. The summed E-state index contributed by atoms with van der Waals surface area (Å²) >= 11 is 0. The van der Waals surface area contributed by atoms with E-state index in [4.69, 9.17) is 0 Å². The molecule has 0 unspecified atom stereocenters. The largest absolute Gasteiger partial charge is 0.336 e. The summed E-state index contributed by atoms with van der Waals surface area (Å²) in [4.78, 5) is 24.8. The van der Waals surface area contributed by atoms with Crippen LogP contribution in [0.2, 0.25) is 0 Å². The average molecular weight is 329 g/mol. The van der Waals surface area contributed by atoms with Gasteiger partial charge in [-0.2, -0.15) is 0 Å². The fourth-order valence-corrected chi connectivity index (χ4v) is 2.23. The number of nitrogens with zero attached hydrogens (tertiary/aromatic N) is 2. The minimum absolute atomic E-state index is 0.311. The van der Waals surface area contributed by atoms with Crippen LogP contribution in [0.15, 0.2) is 54.6 Å². The molecule has 0 radical (unpaired) electrons. The third-order valence-electron chi connectivity index (χ3n) is 3.57. The number of hydrogen-bond donors (Lipinski definition) is 1. The Morgan fingerprint density at radius 1 is 1.04 bits per heavy atom. The summed E-state index contributed by atoms with van der Waals surface area (Å²) in [7, 11) is 1.52. The Balaban J connectivity index is 2.01. The number of rotatable bonds is 4. The number of benzene rings is 2. The maximum atomic E-state index is 13.0. The molecule has 1 N–H and O–H groups in total. The molecule has 0 aromatic heterocycles. The zero-order chi connectivity index (χ0) is 17.5. The van der Waals surface area contributed by atoms with Gasteiger partial charge >= 0.3 is 6.03 Å². The molecule has 2 rings (SSSR count). The number of carbonyl (C=O) groups excluding carboxylic acids is 2. The van der Waals surface area contributed by atoms with Crippen molar-refractivity contribution in [2.24, 2.45) is 0 Å². The number of amides is 3. The first-order chi connectivity index (χ1) is 11.5. The van der Waals surface area contributed by atoms with E-state index in [1.807, 2.05) is 30.3 Å². The van der Waals surface area contributed by atoms with Crippen LogP contribution in [0.4, 0.5) is 9.18 Å². The van der Waals surface area contributed by atoms with Gasteiger partial charge in [-0.25, -0.2) is 19.2 Å². The normalized spacial score (nSPS) is 10.1. The summed E-state index contributed by atoms with van der Waals surface area (Å²) in [5.74, 6) is -0.779. The van der Waals surface area contributed by atoms with Crippen LogP contribution in [0.5, 0.6) is 0 Å². The summed E-state index contributed by atoms with van der Waals surface area (Å²) in [6.45, 7) is 2.44. The van der Waals surface area contributed by atoms with Crippen molar-refractivity contribution in [3.8, 4) is 0 Å². The van der Waals surface area contributed by atoms with Gasteiger partial charge in [0.25, 0.3) is 5.91 Å². The van der Waals surface area contributed by atoms with Crippen molar-refractivity contribution in [3.05, 3.63) is 71.5 Å². The van der Waals surface area contributed by atoms with Crippen molar-refractivity contribution >= 4 is 11.9 Å². The fraction of sp³-hybridized carbons (Fsp3) is 0.222. The van der Waals surface area contributed by atoms with Crippen molar-refractivity contribution in [2.75, 3.05) is 13.6 Å². The summed E-state index contributed by atoms with van der Waals surface area (Å²) in [5.41, 5.74) is 1.29. The van der Waals surface area contributed by atoms with Gasteiger partial charge in [0.15, 0.2) is 0 Å². The van der Waals surface area contributed by atoms with Crippen LogP contribution in [-0.2, 0) is 6.54 Å². The number of hydrazine groups is 1. The molecule has 6 heteroatoms. The molecule has 0 heterocycles. The van der Waals surface area contributed by atoms with E-state index >= 15 is 0 Å². The Morgan fingerprint density at radius 3 is 2.25 bits per heavy atom. The number of carbonyl (C=O) groups is 2. The van der Waals surface area contributed by atoms with Gasteiger partial charge in [-0.15, -0.1) is 0 Å². The highest BCUT2D eigenvalue weighted by molar-refractivity contribution is 5.95. The van der Waals surface area contributed by atoms with Crippen LogP contribution < -0.4 is 5.32 Å². The smallest absolute Gasteiger partial charge is 0.332 e. The molecule has 0 spiro atoms. The van der Waals surface area contributed by atoms with E-state index in [1.54, 1.807) is 6.92 Å². The predicted octanol–water partition coefficient (Wildman–Crippen LogP) is 3.04. The first-order valence-corrected chi connectivity index (χ1v) is 7.65. The average Bonchev–Trinajstić information content (AvgIpc) is 2.61. The molecule has 3 amide bonds. The van der Waals surface area contributed by atoms with Gasteiger partial charge in [-0.1, -0.05) is 30.3 Å². The Bertz CT molecular complexity index is 689. The lowest BCUT2D eigenvalue weighted by molar-refractivity contribution is 0.0277. The lowest BCUT2D eigenvalue weighted by Gasteiger charge is -2.31. The second-order valence-corrected chi connectivity index (χ2v) is 5.20. The van der Waals surface area contributed by atoms with E-state index in [0.29, 0.717) is 18.7 Å². The zero-order valence-corrected chi connectivity index (χ0v) is 13.7. The van der Waals surface area contributed by atoms with Gasteiger partial charge in [-0.05, 0) is 36.8 Å². The van der Waals surface area contributed by atoms with E-state index in [9.17, 15) is 14.0 Å². The SMILES string of the molecule is CCN(C(=O)c1ccc(F)cc1)N(C)C(=O)NCc1ccccc1.